The second kappa shape index (κ2) is 5.14. The number of sulfonamides is 1. The number of H-pyrrole nitrogens is 1. The molecular formula is C13H17N3O2S. The first kappa shape index (κ1) is 13.8. The topological polar surface area (TPSA) is 74.8 Å². The van der Waals surface area contributed by atoms with Gasteiger partial charge in [-0.1, -0.05) is 17.7 Å². The lowest BCUT2D eigenvalue weighted by molar-refractivity contribution is 0.560. The number of imidazole rings is 1. The monoisotopic (exact) mass is 279 g/mol. The first-order chi connectivity index (χ1) is 8.90. The molecule has 0 saturated carbocycles. The van der Waals surface area contributed by atoms with Crippen LogP contribution in [0.2, 0.25) is 0 Å². The fraction of sp³-hybridized carbons (Fsp3) is 0.308. The molecule has 0 spiro atoms. The molecule has 0 amide bonds. The Morgan fingerprint density at radius 1 is 1.32 bits per heavy atom. The quantitative estimate of drug-likeness (QED) is 0.899. The summed E-state index contributed by atoms with van der Waals surface area (Å²) in [4.78, 5) is 7.25. The number of rotatable bonds is 4. The standard InChI is InChI=1S/C13H17N3O2S/c1-9-4-5-12(10(2)8-9)19(17,18)16-11(3)13-14-6-7-15-13/h4-8,11,16H,1-3H3,(H,14,15). The van der Waals surface area contributed by atoms with Crippen molar-refractivity contribution in [3.63, 3.8) is 0 Å². The van der Waals surface area contributed by atoms with Crippen molar-refractivity contribution in [2.75, 3.05) is 0 Å². The summed E-state index contributed by atoms with van der Waals surface area (Å²) in [5, 5.41) is 0. The summed E-state index contributed by atoms with van der Waals surface area (Å²) >= 11 is 0. The van der Waals surface area contributed by atoms with Gasteiger partial charge < -0.3 is 4.98 Å². The highest BCUT2D eigenvalue weighted by molar-refractivity contribution is 7.89. The Kier molecular flexibility index (Phi) is 3.73. The van der Waals surface area contributed by atoms with Gasteiger partial charge in [0.05, 0.1) is 10.9 Å². The van der Waals surface area contributed by atoms with Crippen LogP contribution >= 0.6 is 0 Å². The first-order valence-electron chi connectivity index (χ1n) is 5.99. The summed E-state index contributed by atoms with van der Waals surface area (Å²) in [7, 11) is -3.54. The van der Waals surface area contributed by atoms with E-state index in [1.807, 2.05) is 13.0 Å². The number of aromatic amines is 1. The Labute approximate surface area is 113 Å². The Bertz CT molecular complexity index is 663. The summed E-state index contributed by atoms with van der Waals surface area (Å²) < 4.78 is 27.2. The zero-order chi connectivity index (χ0) is 14.0. The van der Waals surface area contributed by atoms with Crippen LogP contribution in [0.15, 0.2) is 35.5 Å². The summed E-state index contributed by atoms with van der Waals surface area (Å²) in [5.41, 5.74) is 1.77. The molecule has 1 atom stereocenters. The number of hydrogen-bond donors (Lipinski definition) is 2. The molecule has 1 aromatic heterocycles. The van der Waals surface area contributed by atoms with Gasteiger partial charge in [0.15, 0.2) is 0 Å². The molecule has 2 aromatic rings. The van der Waals surface area contributed by atoms with E-state index < -0.39 is 16.1 Å². The molecule has 0 aliphatic carbocycles. The van der Waals surface area contributed by atoms with E-state index in [0.29, 0.717) is 10.7 Å². The fourth-order valence-corrected chi connectivity index (χ4v) is 3.40. The van der Waals surface area contributed by atoms with Gasteiger partial charge in [-0.05, 0) is 32.4 Å². The average Bonchev–Trinajstić information content (AvgIpc) is 2.80. The van der Waals surface area contributed by atoms with Crippen LogP contribution in [-0.2, 0) is 10.0 Å². The molecule has 19 heavy (non-hydrogen) atoms. The van der Waals surface area contributed by atoms with Crippen molar-refractivity contribution in [3.05, 3.63) is 47.5 Å². The van der Waals surface area contributed by atoms with Gasteiger partial charge in [-0.25, -0.2) is 18.1 Å². The van der Waals surface area contributed by atoms with E-state index in [-0.39, 0.29) is 0 Å². The van der Waals surface area contributed by atoms with E-state index >= 15 is 0 Å². The summed E-state index contributed by atoms with van der Waals surface area (Å²) in [6.45, 7) is 5.47. The highest BCUT2D eigenvalue weighted by atomic mass is 32.2. The van der Waals surface area contributed by atoms with Crippen LogP contribution in [0.25, 0.3) is 0 Å². The van der Waals surface area contributed by atoms with Crippen LogP contribution in [0, 0.1) is 13.8 Å². The lowest BCUT2D eigenvalue weighted by atomic mass is 10.2. The SMILES string of the molecule is Cc1ccc(S(=O)(=O)NC(C)c2ncc[nH]2)c(C)c1. The Morgan fingerprint density at radius 3 is 2.63 bits per heavy atom. The number of aryl methyl sites for hydroxylation is 2. The van der Waals surface area contributed by atoms with E-state index in [9.17, 15) is 8.42 Å². The molecule has 0 fully saturated rings. The molecule has 1 aromatic carbocycles. The first-order valence-corrected chi connectivity index (χ1v) is 7.47. The highest BCUT2D eigenvalue weighted by Gasteiger charge is 2.21. The lowest BCUT2D eigenvalue weighted by Gasteiger charge is -2.14. The molecule has 0 bridgehead atoms. The van der Waals surface area contributed by atoms with Crippen LogP contribution < -0.4 is 4.72 Å². The Balaban J connectivity index is 2.28. The number of hydrogen-bond acceptors (Lipinski definition) is 3. The molecule has 0 aliphatic heterocycles. The Hall–Kier alpha value is -1.66. The zero-order valence-electron chi connectivity index (χ0n) is 11.1. The van der Waals surface area contributed by atoms with Crippen LogP contribution in [0.5, 0.6) is 0 Å². The molecule has 1 unspecified atom stereocenters. The van der Waals surface area contributed by atoms with E-state index in [2.05, 4.69) is 14.7 Å². The fourth-order valence-electron chi connectivity index (χ4n) is 1.97. The lowest BCUT2D eigenvalue weighted by Crippen LogP contribution is -2.28. The minimum atomic E-state index is -3.54. The minimum absolute atomic E-state index is 0.302. The van der Waals surface area contributed by atoms with Crippen molar-refractivity contribution in [3.8, 4) is 0 Å². The average molecular weight is 279 g/mol. The van der Waals surface area contributed by atoms with Gasteiger partial charge in [-0.2, -0.15) is 0 Å². The zero-order valence-corrected chi connectivity index (χ0v) is 12.0. The Morgan fingerprint density at radius 2 is 2.05 bits per heavy atom. The van der Waals surface area contributed by atoms with Crippen molar-refractivity contribution in [1.29, 1.82) is 0 Å². The van der Waals surface area contributed by atoms with Crippen LogP contribution in [-0.4, -0.2) is 18.4 Å². The van der Waals surface area contributed by atoms with Gasteiger partial charge in [0.2, 0.25) is 10.0 Å². The van der Waals surface area contributed by atoms with E-state index in [0.717, 1.165) is 11.1 Å². The summed E-state index contributed by atoms with van der Waals surface area (Å²) in [5.74, 6) is 0.591. The molecule has 2 N–H and O–H groups in total. The molecule has 2 rings (SSSR count). The van der Waals surface area contributed by atoms with Gasteiger partial charge in [0.1, 0.15) is 5.82 Å². The molecule has 0 radical (unpaired) electrons. The van der Waals surface area contributed by atoms with E-state index in [1.165, 1.54) is 0 Å². The van der Waals surface area contributed by atoms with Crippen molar-refractivity contribution in [1.82, 2.24) is 14.7 Å². The molecular weight excluding hydrogens is 262 g/mol. The molecule has 5 nitrogen and oxygen atoms in total. The normalized spacial score (nSPS) is 13.4. The molecule has 1 heterocycles. The molecule has 0 aliphatic rings. The number of nitrogens with one attached hydrogen (secondary N) is 2. The van der Waals surface area contributed by atoms with Crippen LogP contribution in [0.4, 0.5) is 0 Å². The van der Waals surface area contributed by atoms with Crippen molar-refractivity contribution >= 4 is 10.0 Å². The van der Waals surface area contributed by atoms with Crippen LogP contribution in [0.3, 0.4) is 0 Å². The molecule has 0 saturated heterocycles. The predicted molar refractivity (Wildman–Crippen MR) is 73.2 cm³/mol. The maximum absolute atomic E-state index is 12.3. The predicted octanol–water partition coefficient (Wildman–Crippen LogP) is 2.07. The number of aromatic nitrogens is 2. The second-order valence-electron chi connectivity index (χ2n) is 4.59. The van der Waals surface area contributed by atoms with Gasteiger partial charge in [0.25, 0.3) is 0 Å². The largest absolute Gasteiger partial charge is 0.347 e. The minimum Gasteiger partial charge on any atom is -0.347 e. The molecule has 6 heteroatoms. The highest BCUT2D eigenvalue weighted by Crippen LogP contribution is 2.18. The maximum atomic E-state index is 12.3. The summed E-state index contributed by atoms with van der Waals surface area (Å²) in [6, 6.07) is 4.87. The number of nitrogens with zero attached hydrogens (tertiary/aromatic N) is 1. The smallest absolute Gasteiger partial charge is 0.241 e. The third-order valence-corrected chi connectivity index (χ3v) is 4.58. The maximum Gasteiger partial charge on any atom is 0.241 e. The summed E-state index contributed by atoms with van der Waals surface area (Å²) in [6.07, 6.45) is 3.26. The van der Waals surface area contributed by atoms with Crippen LogP contribution in [0.1, 0.15) is 29.9 Å². The van der Waals surface area contributed by atoms with E-state index in [4.69, 9.17) is 0 Å². The van der Waals surface area contributed by atoms with Gasteiger partial charge >= 0.3 is 0 Å². The van der Waals surface area contributed by atoms with Gasteiger partial charge in [-0.3, -0.25) is 0 Å². The third kappa shape index (κ3) is 3.02. The van der Waals surface area contributed by atoms with Crippen molar-refractivity contribution in [2.24, 2.45) is 0 Å². The molecule has 102 valence electrons. The van der Waals surface area contributed by atoms with E-state index in [1.54, 1.807) is 38.4 Å². The number of benzene rings is 1. The van der Waals surface area contributed by atoms with Gasteiger partial charge in [-0.15, -0.1) is 0 Å². The van der Waals surface area contributed by atoms with Gasteiger partial charge in [0, 0.05) is 12.4 Å². The van der Waals surface area contributed by atoms with Crippen molar-refractivity contribution < 1.29 is 8.42 Å². The second-order valence-corrected chi connectivity index (χ2v) is 6.27. The van der Waals surface area contributed by atoms with Crippen molar-refractivity contribution in [2.45, 2.75) is 31.7 Å². The third-order valence-electron chi connectivity index (χ3n) is 2.88.